The second-order valence-corrected chi connectivity index (χ2v) is 3.62. The summed E-state index contributed by atoms with van der Waals surface area (Å²) < 4.78 is 0. The lowest BCUT2D eigenvalue weighted by Gasteiger charge is -2.19. The van der Waals surface area contributed by atoms with Crippen LogP contribution >= 0.6 is 11.6 Å². The molecule has 1 fully saturated rings. The van der Waals surface area contributed by atoms with Crippen LogP contribution in [-0.4, -0.2) is 11.7 Å². The maximum atomic E-state index is 11.3. The van der Waals surface area contributed by atoms with Crippen molar-refractivity contribution in [2.75, 3.05) is 5.88 Å². The van der Waals surface area contributed by atoms with E-state index < -0.39 is 0 Å². The van der Waals surface area contributed by atoms with Crippen molar-refractivity contribution in [3.63, 3.8) is 0 Å². The van der Waals surface area contributed by atoms with E-state index in [1.54, 1.807) is 0 Å². The van der Waals surface area contributed by atoms with Gasteiger partial charge < -0.3 is 0 Å². The SMILES string of the molecule is O=C(CCCl)C1CCCCC1. The van der Waals surface area contributed by atoms with Crippen LogP contribution in [-0.2, 0) is 4.79 Å². The summed E-state index contributed by atoms with van der Waals surface area (Å²) in [6, 6.07) is 0. The van der Waals surface area contributed by atoms with Crippen LogP contribution < -0.4 is 0 Å². The lowest BCUT2D eigenvalue weighted by atomic mass is 9.85. The Bertz CT molecular complexity index is 128. The van der Waals surface area contributed by atoms with Crippen LogP contribution in [0.25, 0.3) is 0 Å². The van der Waals surface area contributed by atoms with Crippen LogP contribution in [0.15, 0.2) is 0 Å². The molecule has 0 atom stereocenters. The molecule has 0 aromatic heterocycles. The molecule has 0 aliphatic heterocycles. The average molecular weight is 175 g/mol. The molecule has 0 spiro atoms. The number of carbonyl (C=O) groups is 1. The van der Waals surface area contributed by atoms with Gasteiger partial charge in [-0.1, -0.05) is 19.3 Å². The van der Waals surface area contributed by atoms with E-state index in [4.69, 9.17) is 11.6 Å². The van der Waals surface area contributed by atoms with Gasteiger partial charge in [-0.2, -0.15) is 0 Å². The third-order valence-corrected chi connectivity index (χ3v) is 2.59. The maximum Gasteiger partial charge on any atom is 0.137 e. The van der Waals surface area contributed by atoms with Crippen molar-refractivity contribution in [3.05, 3.63) is 0 Å². The third-order valence-electron chi connectivity index (χ3n) is 2.40. The Morgan fingerprint density at radius 1 is 1.27 bits per heavy atom. The fourth-order valence-electron chi connectivity index (χ4n) is 1.72. The second-order valence-electron chi connectivity index (χ2n) is 3.24. The van der Waals surface area contributed by atoms with Crippen LogP contribution in [0.1, 0.15) is 38.5 Å². The van der Waals surface area contributed by atoms with Crippen LogP contribution in [0, 0.1) is 5.92 Å². The minimum absolute atomic E-state index is 0.350. The number of Topliss-reactive ketones (excluding diaryl/α,β-unsaturated/α-hetero) is 1. The number of halogens is 1. The first-order chi connectivity index (χ1) is 5.34. The molecular formula is C9H15ClO. The number of ketones is 1. The van der Waals surface area contributed by atoms with E-state index in [0.717, 1.165) is 12.8 Å². The number of alkyl halides is 1. The topological polar surface area (TPSA) is 17.1 Å². The van der Waals surface area contributed by atoms with Crippen molar-refractivity contribution in [1.29, 1.82) is 0 Å². The molecule has 1 aliphatic carbocycles. The highest BCUT2D eigenvalue weighted by molar-refractivity contribution is 6.19. The lowest BCUT2D eigenvalue weighted by Crippen LogP contribution is -2.17. The Morgan fingerprint density at radius 2 is 1.91 bits per heavy atom. The van der Waals surface area contributed by atoms with Gasteiger partial charge in [-0.3, -0.25) is 4.79 Å². The highest BCUT2D eigenvalue weighted by Crippen LogP contribution is 2.25. The summed E-state index contributed by atoms with van der Waals surface area (Å²) >= 11 is 5.49. The highest BCUT2D eigenvalue weighted by atomic mass is 35.5. The first-order valence-electron chi connectivity index (χ1n) is 4.43. The van der Waals surface area contributed by atoms with E-state index in [1.165, 1.54) is 19.3 Å². The molecule has 0 N–H and O–H groups in total. The second kappa shape index (κ2) is 4.76. The van der Waals surface area contributed by atoms with Gasteiger partial charge in [0.05, 0.1) is 0 Å². The minimum Gasteiger partial charge on any atom is -0.299 e. The van der Waals surface area contributed by atoms with Crippen molar-refractivity contribution in [1.82, 2.24) is 0 Å². The molecule has 0 radical (unpaired) electrons. The predicted octanol–water partition coefficient (Wildman–Crippen LogP) is 2.76. The molecule has 0 heterocycles. The van der Waals surface area contributed by atoms with Gasteiger partial charge in [-0.05, 0) is 12.8 Å². The van der Waals surface area contributed by atoms with Gasteiger partial charge in [-0.25, -0.2) is 0 Å². The highest BCUT2D eigenvalue weighted by Gasteiger charge is 2.19. The zero-order valence-corrected chi connectivity index (χ0v) is 7.57. The van der Waals surface area contributed by atoms with E-state index in [9.17, 15) is 4.79 Å². The average Bonchev–Trinajstić information content (AvgIpc) is 2.07. The molecule has 1 rings (SSSR count). The number of hydrogen-bond donors (Lipinski definition) is 0. The predicted molar refractivity (Wildman–Crippen MR) is 46.9 cm³/mol. The summed E-state index contributed by atoms with van der Waals surface area (Å²) in [4.78, 5) is 11.3. The summed E-state index contributed by atoms with van der Waals surface area (Å²) in [5.41, 5.74) is 0. The van der Waals surface area contributed by atoms with Crippen LogP contribution in [0.5, 0.6) is 0 Å². The third kappa shape index (κ3) is 2.82. The molecule has 11 heavy (non-hydrogen) atoms. The minimum atomic E-state index is 0.350. The van der Waals surface area contributed by atoms with E-state index in [2.05, 4.69) is 0 Å². The normalized spacial score (nSPS) is 20.1. The summed E-state index contributed by atoms with van der Waals surface area (Å²) in [6.07, 6.45) is 6.57. The van der Waals surface area contributed by atoms with Crippen LogP contribution in [0.3, 0.4) is 0 Å². The Hall–Kier alpha value is -0.0400. The smallest absolute Gasteiger partial charge is 0.137 e. The van der Waals surface area contributed by atoms with Gasteiger partial charge in [0, 0.05) is 18.2 Å². The monoisotopic (exact) mass is 174 g/mol. The Morgan fingerprint density at radius 3 is 2.45 bits per heavy atom. The number of carbonyl (C=O) groups excluding carboxylic acids is 1. The zero-order valence-electron chi connectivity index (χ0n) is 6.81. The van der Waals surface area contributed by atoms with Gasteiger partial charge in [0.15, 0.2) is 0 Å². The van der Waals surface area contributed by atoms with Gasteiger partial charge >= 0.3 is 0 Å². The molecule has 64 valence electrons. The van der Waals surface area contributed by atoms with E-state index in [1.807, 2.05) is 0 Å². The van der Waals surface area contributed by atoms with Crippen LogP contribution in [0.4, 0.5) is 0 Å². The molecule has 0 amide bonds. The summed E-state index contributed by atoms with van der Waals surface area (Å²) in [7, 11) is 0. The summed E-state index contributed by atoms with van der Waals surface area (Å²) in [5.74, 6) is 1.23. The van der Waals surface area contributed by atoms with Crippen molar-refractivity contribution in [2.24, 2.45) is 5.92 Å². The molecule has 2 heteroatoms. The summed E-state index contributed by atoms with van der Waals surface area (Å²) in [6.45, 7) is 0. The molecule has 0 aromatic rings. The Kier molecular flexibility index (Phi) is 3.92. The van der Waals surface area contributed by atoms with Crippen molar-refractivity contribution in [2.45, 2.75) is 38.5 Å². The molecule has 0 unspecified atom stereocenters. The Balaban J connectivity index is 2.27. The van der Waals surface area contributed by atoms with Gasteiger partial charge in [0.1, 0.15) is 5.78 Å². The van der Waals surface area contributed by atoms with E-state index >= 15 is 0 Å². The first-order valence-corrected chi connectivity index (χ1v) is 4.96. The fraction of sp³-hybridized carbons (Fsp3) is 0.889. The molecule has 0 saturated heterocycles. The van der Waals surface area contributed by atoms with Gasteiger partial charge in [0.25, 0.3) is 0 Å². The maximum absolute atomic E-state index is 11.3. The Labute approximate surface area is 73.1 Å². The molecule has 0 bridgehead atoms. The van der Waals surface area contributed by atoms with E-state index in [0.29, 0.717) is 24.0 Å². The summed E-state index contributed by atoms with van der Waals surface area (Å²) in [5, 5.41) is 0. The molecule has 1 nitrogen and oxygen atoms in total. The molecule has 0 aromatic carbocycles. The number of rotatable bonds is 3. The van der Waals surface area contributed by atoms with Crippen molar-refractivity contribution < 1.29 is 4.79 Å². The van der Waals surface area contributed by atoms with Crippen LogP contribution in [0.2, 0.25) is 0 Å². The van der Waals surface area contributed by atoms with Gasteiger partial charge in [0.2, 0.25) is 0 Å². The van der Waals surface area contributed by atoms with Crippen molar-refractivity contribution >= 4 is 17.4 Å². The van der Waals surface area contributed by atoms with Gasteiger partial charge in [-0.15, -0.1) is 11.6 Å². The first kappa shape index (κ1) is 9.05. The standard InChI is InChI=1S/C9H15ClO/c10-7-6-9(11)8-4-2-1-3-5-8/h8H,1-7H2. The lowest BCUT2D eigenvalue weighted by molar-refractivity contribution is -0.123. The molecule has 1 aliphatic rings. The quantitative estimate of drug-likeness (QED) is 0.602. The largest absolute Gasteiger partial charge is 0.299 e. The van der Waals surface area contributed by atoms with Crippen molar-refractivity contribution in [3.8, 4) is 0 Å². The molecular weight excluding hydrogens is 160 g/mol. The van der Waals surface area contributed by atoms with E-state index in [-0.39, 0.29) is 0 Å². The molecule has 1 saturated carbocycles. The fourth-order valence-corrected chi connectivity index (χ4v) is 1.91. The zero-order chi connectivity index (χ0) is 8.10. The number of hydrogen-bond acceptors (Lipinski definition) is 1.